The molecule has 1 N–H and O–H groups in total. The van der Waals surface area contributed by atoms with Gasteiger partial charge in [-0.3, -0.25) is 9.59 Å². The van der Waals surface area contributed by atoms with Crippen LogP contribution in [0.5, 0.6) is 0 Å². The van der Waals surface area contributed by atoms with Gasteiger partial charge in [0.15, 0.2) is 0 Å². The van der Waals surface area contributed by atoms with Crippen LogP contribution in [-0.4, -0.2) is 53.8 Å². The van der Waals surface area contributed by atoms with Crippen molar-refractivity contribution in [2.45, 2.75) is 42.8 Å². The molecule has 5 nitrogen and oxygen atoms in total. The summed E-state index contributed by atoms with van der Waals surface area (Å²) in [6.45, 7) is 3.23. The number of rotatable bonds is 4. The van der Waals surface area contributed by atoms with Gasteiger partial charge in [-0.15, -0.1) is 0 Å². The monoisotopic (exact) mass is 459 g/mol. The summed E-state index contributed by atoms with van der Waals surface area (Å²) in [4.78, 5) is 30.1. The average Bonchev–Trinajstić information content (AvgIpc) is 2.70. The highest BCUT2D eigenvalue weighted by molar-refractivity contribution is 9.10. The highest BCUT2D eigenvalue weighted by Gasteiger charge is 2.59. The standard InChI is InChI=1S/C23H30BrN3O2/c24-23-13-17-10-18(14-23)12-22(11-17,16-23)21(29)25-15-20(28)27-8-6-26(7-9-27)19-4-2-1-3-5-19/h1-5,17-18H,6-16H2,(H,25,29). The molecule has 6 heteroatoms. The number of benzene rings is 1. The molecule has 6 rings (SSSR count). The largest absolute Gasteiger partial charge is 0.368 e. The third-order valence-corrected chi connectivity index (χ3v) is 8.55. The van der Waals surface area contributed by atoms with E-state index >= 15 is 0 Å². The molecule has 5 aliphatic rings. The van der Waals surface area contributed by atoms with Gasteiger partial charge in [0, 0.05) is 36.2 Å². The molecule has 1 aromatic rings. The Morgan fingerprint density at radius 1 is 1.00 bits per heavy atom. The van der Waals surface area contributed by atoms with Crippen LogP contribution in [0, 0.1) is 17.3 Å². The molecule has 2 atom stereocenters. The van der Waals surface area contributed by atoms with Gasteiger partial charge >= 0.3 is 0 Å². The zero-order valence-electron chi connectivity index (χ0n) is 16.9. The molecule has 0 spiro atoms. The van der Waals surface area contributed by atoms with Gasteiger partial charge in [-0.2, -0.15) is 0 Å². The summed E-state index contributed by atoms with van der Waals surface area (Å²) in [7, 11) is 0. The lowest BCUT2D eigenvalue weighted by Crippen LogP contribution is -2.59. The molecule has 2 amide bonds. The number of carbonyl (C=O) groups is 2. The molecule has 156 valence electrons. The molecule has 1 aromatic carbocycles. The van der Waals surface area contributed by atoms with Crippen molar-refractivity contribution in [2.75, 3.05) is 37.6 Å². The molecule has 1 heterocycles. The molecule has 0 aromatic heterocycles. The number of carbonyl (C=O) groups excluding carboxylic acids is 2. The maximum absolute atomic E-state index is 13.2. The van der Waals surface area contributed by atoms with Crippen molar-refractivity contribution in [3.63, 3.8) is 0 Å². The first-order valence-electron chi connectivity index (χ1n) is 11.0. The van der Waals surface area contributed by atoms with Gasteiger partial charge in [0.2, 0.25) is 11.8 Å². The van der Waals surface area contributed by atoms with Crippen LogP contribution >= 0.6 is 15.9 Å². The van der Waals surface area contributed by atoms with E-state index in [0.717, 1.165) is 32.4 Å². The first-order valence-corrected chi connectivity index (χ1v) is 11.8. The quantitative estimate of drug-likeness (QED) is 0.703. The molecule has 2 unspecified atom stereocenters. The molecule has 0 radical (unpaired) electrons. The highest BCUT2D eigenvalue weighted by Crippen LogP contribution is 2.64. The van der Waals surface area contributed by atoms with E-state index in [9.17, 15) is 9.59 Å². The summed E-state index contributed by atoms with van der Waals surface area (Å²) < 4.78 is 0.159. The van der Waals surface area contributed by atoms with Crippen LogP contribution in [0.3, 0.4) is 0 Å². The Labute approximate surface area is 181 Å². The third-order valence-electron chi connectivity index (χ3n) is 7.63. The fourth-order valence-electron chi connectivity index (χ4n) is 6.72. The SMILES string of the molecule is O=C(CNC(=O)C12CC3CC(CC(Br)(C3)C1)C2)N1CCN(c2ccccc2)CC1. The number of hydrogen-bond donors (Lipinski definition) is 1. The van der Waals surface area contributed by atoms with Crippen molar-refractivity contribution in [1.82, 2.24) is 10.2 Å². The number of anilines is 1. The molecular weight excluding hydrogens is 430 g/mol. The van der Waals surface area contributed by atoms with Gasteiger partial charge < -0.3 is 15.1 Å². The minimum absolute atomic E-state index is 0.0457. The number of para-hydroxylation sites is 1. The summed E-state index contributed by atoms with van der Waals surface area (Å²) >= 11 is 3.97. The number of amides is 2. The Bertz CT molecular complexity index is 777. The number of halogens is 1. The van der Waals surface area contributed by atoms with Gasteiger partial charge in [0.05, 0.1) is 12.0 Å². The van der Waals surface area contributed by atoms with Gasteiger partial charge in [-0.25, -0.2) is 0 Å². The van der Waals surface area contributed by atoms with Crippen molar-refractivity contribution >= 4 is 33.4 Å². The first-order chi connectivity index (χ1) is 13.9. The molecule has 1 aliphatic heterocycles. The van der Waals surface area contributed by atoms with Crippen LogP contribution in [0.1, 0.15) is 38.5 Å². The van der Waals surface area contributed by atoms with Crippen LogP contribution in [0.4, 0.5) is 5.69 Å². The fraction of sp³-hybridized carbons (Fsp3) is 0.652. The first kappa shape index (κ1) is 19.4. The Hall–Kier alpha value is -1.56. The average molecular weight is 460 g/mol. The Balaban J connectivity index is 1.14. The van der Waals surface area contributed by atoms with E-state index in [-0.39, 0.29) is 28.1 Å². The van der Waals surface area contributed by atoms with Crippen LogP contribution in [-0.2, 0) is 9.59 Å². The second-order valence-corrected chi connectivity index (χ2v) is 11.5. The van der Waals surface area contributed by atoms with Crippen molar-refractivity contribution in [2.24, 2.45) is 17.3 Å². The number of nitrogens with zero attached hydrogens (tertiary/aromatic N) is 2. The summed E-state index contributed by atoms with van der Waals surface area (Å²) in [5.74, 6) is 1.50. The van der Waals surface area contributed by atoms with E-state index < -0.39 is 0 Å². The Morgan fingerprint density at radius 2 is 1.66 bits per heavy atom. The zero-order valence-corrected chi connectivity index (χ0v) is 18.5. The second-order valence-electron chi connectivity index (χ2n) is 9.78. The van der Waals surface area contributed by atoms with Gasteiger partial charge in [-0.05, 0) is 62.5 Å². The third kappa shape index (κ3) is 3.69. The maximum Gasteiger partial charge on any atom is 0.242 e. The lowest BCUT2D eigenvalue weighted by atomic mass is 9.49. The van der Waals surface area contributed by atoms with Crippen molar-refractivity contribution < 1.29 is 9.59 Å². The van der Waals surface area contributed by atoms with E-state index in [1.807, 2.05) is 23.1 Å². The van der Waals surface area contributed by atoms with E-state index in [1.165, 1.54) is 24.9 Å². The van der Waals surface area contributed by atoms with Crippen molar-refractivity contribution in [1.29, 1.82) is 0 Å². The van der Waals surface area contributed by atoms with E-state index in [4.69, 9.17) is 0 Å². The number of alkyl halides is 1. The lowest BCUT2D eigenvalue weighted by molar-refractivity contribution is -0.146. The van der Waals surface area contributed by atoms with Gasteiger partial charge in [0.1, 0.15) is 0 Å². The summed E-state index contributed by atoms with van der Waals surface area (Å²) in [6.07, 6.45) is 6.65. The summed E-state index contributed by atoms with van der Waals surface area (Å²) in [5, 5.41) is 3.03. The van der Waals surface area contributed by atoms with Crippen molar-refractivity contribution in [3.05, 3.63) is 30.3 Å². The van der Waals surface area contributed by atoms with Crippen LogP contribution in [0.25, 0.3) is 0 Å². The van der Waals surface area contributed by atoms with Crippen LogP contribution in [0.2, 0.25) is 0 Å². The van der Waals surface area contributed by atoms with Crippen molar-refractivity contribution in [3.8, 4) is 0 Å². The lowest BCUT2D eigenvalue weighted by Gasteiger charge is -2.59. The van der Waals surface area contributed by atoms with E-state index in [2.05, 4.69) is 38.3 Å². The van der Waals surface area contributed by atoms with E-state index in [0.29, 0.717) is 24.9 Å². The highest BCUT2D eigenvalue weighted by atomic mass is 79.9. The van der Waals surface area contributed by atoms with Crippen LogP contribution in [0.15, 0.2) is 30.3 Å². The fourth-order valence-corrected chi connectivity index (χ4v) is 8.18. The molecular formula is C23H30BrN3O2. The second kappa shape index (κ2) is 7.29. The Kier molecular flexibility index (Phi) is 4.88. The summed E-state index contributed by atoms with van der Waals surface area (Å²) in [6, 6.07) is 10.3. The maximum atomic E-state index is 13.2. The number of nitrogens with one attached hydrogen (secondary N) is 1. The molecule has 5 fully saturated rings. The van der Waals surface area contributed by atoms with Gasteiger partial charge in [-0.1, -0.05) is 34.1 Å². The van der Waals surface area contributed by atoms with Gasteiger partial charge in [0.25, 0.3) is 0 Å². The molecule has 29 heavy (non-hydrogen) atoms. The van der Waals surface area contributed by atoms with Crippen LogP contribution < -0.4 is 10.2 Å². The minimum Gasteiger partial charge on any atom is -0.368 e. The van der Waals surface area contributed by atoms with E-state index in [1.54, 1.807) is 0 Å². The Morgan fingerprint density at radius 3 is 2.28 bits per heavy atom. The minimum atomic E-state index is -0.250. The molecule has 4 aliphatic carbocycles. The number of hydrogen-bond acceptors (Lipinski definition) is 3. The summed E-state index contributed by atoms with van der Waals surface area (Å²) in [5.41, 5.74) is 0.957. The number of piperazine rings is 1. The predicted octanol–water partition coefficient (Wildman–Crippen LogP) is 3.19. The topological polar surface area (TPSA) is 52.7 Å². The molecule has 1 saturated heterocycles. The normalized spacial score (nSPS) is 35.6. The zero-order chi connectivity index (χ0) is 20.1. The molecule has 4 saturated carbocycles. The molecule has 4 bridgehead atoms. The predicted molar refractivity (Wildman–Crippen MR) is 117 cm³/mol. The smallest absolute Gasteiger partial charge is 0.242 e.